The van der Waals surface area contributed by atoms with Gasteiger partial charge in [0.2, 0.25) is 0 Å². The zero-order valence-electron chi connectivity index (χ0n) is 16.4. The summed E-state index contributed by atoms with van der Waals surface area (Å²) in [6, 6.07) is 0. The van der Waals surface area contributed by atoms with Gasteiger partial charge in [-0.15, -0.1) is 0 Å². The van der Waals surface area contributed by atoms with Crippen molar-refractivity contribution in [3.05, 3.63) is 0 Å². The lowest BCUT2D eigenvalue weighted by Crippen LogP contribution is -2.54. The zero-order chi connectivity index (χ0) is 17.7. The van der Waals surface area contributed by atoms with Crippen LogP contribution in [-0.4, -0.2) is 33.4 Å². The molecule has 2 aliphatic carbocycles. The molecule has 0 heterocycles. The lowest BCUT2D eigenvalue weighted by molar-refractivity contribution is -0.163. The van der Waals surface area contributed by atoms with Gasteiger partial charge in [0.05, 0.1) is 11.5 Å². The summed E-state index contributed by atoms with van der Waals surface area (Å²) in [5.74, 6) is 0.864. The Hall–Kier alpha value is -0.193. The molecular weight excluding hydrogens is 304 g/mol. The van der Waals surface area contributed by atoms with E-state index in [0.29, 0.717) is 24.7 Å². The van der Waals surface area contributed by atoms with Crippen molar-refractivity contribution in [1.82, 2.24) is 0 Å². The van der Waals surface area contributed by atoms with Crippen LogP contribution in [0, 0.1) is 16.7 Å². The zero-order valence-corrected chi connectivity index (χ0v) is 17.4. The predicted molar refractivity (Wildman–Crippen MR) is 97.1 cm³/mol. The molecule has 4 heteroatoms. The molecular formula is C19H36O3Si. The van der Waals surface area contributed by atoms with Crippen LogP contribution < -0.4 is 0 Å². The van der Waals surface area contributed by atoms with E-state index in [4.69, 9.17) is 9.16 Å². The fourth-order valence-electron chi connectivity index (χ4n) is 4.05. The van der Waals surface area contributed by atoms with Crippen molar-refractivity contribution in [2.24, 2.45) is 16.7 Å². The SMILES string of the molecule is CCOC1CC(=O)C12CC(CO[Si](C)(C)C(C)(C)C)C(C)(C)C2. The van der Waals surface area contributed by atoms with E-state index in [1.165, 1.54) is 0 Å². The highest BCUT2D eigenvalue weighted by atomic mass is 28.4. The Morgan fingerprint density at radius 2 is 1.87 bits per heavy atom. The molecule has 0 aromatic carbocycles. The van der Waals surface area contributed by atoms with Crippen molar-refractivity contribution in [2.75, 3.05) is 13.2 Å². The highest BCUT2D eigenvalue weighted by Crippen LogP contribution is 2.61. The van der Waals surface area contributed by atoms with Crippen molar-refractivity contribution in [3.63, 3.8) is 0 Å². The molecule has 2 fully saturated rings. The van der Waals surface area contributed by atoms with Crippen LogP contribution in [0.15, 0.2) is 0 Å². The van der Waals surface area contributed by atoms with Crippen LogP contribution in [0.1, 0.15) is 60.8 Å². The third-order valence-electron chi connectivity index (χ3n) is 6.85. The van der Waals surface area contributed by atoms with Gasteiger partial charge >= 0.3 is 0 Å². The molecule has 0 amide bonds. The normalized spacial score (nSPS) is 34.0. The van der Waals surface area contributed by atoms with Gasteiger partial charge in [-0.25, -0.2) is 0 Å². The maximum Gasteiger partial charge on any atom is 0.191 e. The van der Waals surface area contributed by atoms with Crippen molar-refractivity contribution < 1.29 is 14.0 Å². The Morgan fingerprint density at radius 1 is 1.26 bits per heavy atom. The van der Waals surface area contributed by atoms with E-state index in [1.807, 2.05) is 6.92 Å². The molecule has 0 radical (unpaired) electrons. The smallest absolute Gasteiger partial charge is 0.191 e. The topological polar surface area (TPSA) is 35.5 Å². The van der Waals surface area contributed by atoms with Crippen LogP contribution in [0.3, 0.4) is 0 Å². The first-order chi connectivity index (χ1) is 10.4. The number of carbonyl (C=O) groups excluding carboxylic acids is 1. The summed E-state index contributed by atoms with van der Waals surface area (Å²) in [5, 5.41) is 0.230. The fraction of sp³-hybridized carbons (Fsp3) is 0.947. The van der Waals surface area contributed by atoms with Crippen molar-refractivity contribution in [1.29, 1.82) is 0 Å². The minimum atomic E-state index is -1.74. The highest BCUT2D eigenvalue weighted by Gasteiger charge is 2.63. The van der Waals surface area contributed by atoms with Crippen LogP contribution >= 0.6 is 0 Å². The summed E-state index contributed by atoms with van der Waals surface area (Å²) in [7, 11) is -1.74. The lowest BCUT2D eigenvalue weighted by atomic mass is 9.62. The van der Waals surface area contributed by atoms with Gasteiger partial charge < -0.3 is 9.16 Å². The second kappa shape index (κ2) is 5.96. The standard InChI is InChI=1S/C19H36O3Si/c1-9-21-16-10-15(20)19(16)11-14(18(5,6)13-19)12-22-23(7,8)17(2,3)4/h14,16H,9-13H2,1-8H3. The molecule has 3 unspecified atom stereocenters. The lowest BCUT2D eigenvalue weighted by Gasteiger charge is -2.45. The van der Waals surface area contributed by atoms with Crippen LogP contribution in [0.2, 0.25) is 18.1 Å². The van der Waals surface area contributed by atoms with Crippen molar-refractivity contribution >= 4 is 14.1 Å². The van der Waals surface area contributed by atoms with Gasteiger partial charge in [0.1, 0.15) is 5.78 Å². The van der Waals surface area contributed by atoms with Crippen LogP contribution in [0.5, 0.6) is 0 Å². The number of hydrogen-bond donors (Lipinski definition) is 0. The fourth-order valence-corrected chi connectivity index (χ4v) is 5.10. The summed E-state index contributed by atoms with van der Waals surface area (Å²) in [6.45, 7) is 19.6. The van der Waals surface area contributed by atoms with Gasteiger partial charge in [0.25, 0.3) is 0 Å². The summed E-state index contributed by atoms with van der Waals surface area (Å²) in [5.41, 5.74) is -0.0746. The number of rotatable bonds is 5. The quantitative estimate of drug-likeness (QED) is 0.674. The first kappa shape index (κ1) is 19.1. The number of hydrogen-bond acceptors (Lipinski definition) is 3. The molecule has 0 bridgehead atoms. The number of Topliss-reactive ketones (excluding diaryl/α,β-unsaturated/α-hetero) is 1. The van der Waals surface area contributed by atoms with Gasteiger partial charge in [-0.1, -0.05) is 34.6 Å². The Kier molecular flexibility index (Phi) is 4.96. The Labute approximate surface area is 143 Å². The average molecular weight is 341 g/mol. The molecule has 2 aliphatic rings. The van der Waals surface area contributed by atoms with E-state index in [9.17, 15) is 4.79 Å². The third kappa shape index (κ3) is 3.31. The summed E-state index contributed by atoms with van der Waals surface area (Å²) in [4.78, 5) is 12.4. The maximum absolute atomic E-state index is 12.4. The first-order valence-corrected chi connectivity index (χ1v) is 12.1. The average Bonchev–Trinajstić information content (AvgIpc) is 2.69. The van der Waals surface area contributed by atoms with Gasteiger partial charge in [0, 0.05) is 19.6 Å². The second-order valence-corrected chi connectivity index (χ2v) is 14.7. The van der Waals surface area contributed by atoms with E-state index in [0.717, 1.165) is 19.4 Å². The van der Waals surface area contributed by atoms with Gasteiger partial charge in [-0.2, -0.15) is 0 Å². The molecule has 0 saturated heterocycles. The molecule has 0 aromatic heterocycles. The van der Waals surface area contributed by atoms with Crippen molar-refractivity contribution in [2.45, 2.75) is 85.0 Å². The Bertz CT molecular complexity index is 464. The minimum absolute atomic E-state index is 0.136. The van der Waals surface area contributed by atoms with Crippen LogP contribution in [0.25, 0.3) is 0 Å². The maximum atomic E-state index is 12.4. The summed E-state index contributed by atoms with van der Waals surface area (Å²) in [6.07, 6.45) is 2.64. The van der Waals surface area contributed by atoms with E-state index in [-0.39, 0.29) is 22.0 Å². The Balaban J connectivity index is 2.08. The first-order valence-electron chi connectivity index (χ1n) is 9.14. The molecule has 0 N–H and O–H groups in total. The molecule has 1 spiro atoms. The van der Waals surface area contributed by atoms with Gasteiger partial charge in [-0.05, 0) is 49.2 Å². The molecule has 2 rings (SSSR count). The Morgan fingerprint density at radius 3 is 2.35 bits per heavy atom. The van der Waals surface area contributed by atoms with E-state index < -0.39 is 8.32 Å². The van der Waals surface area contributed by atoms with Crippen LogP contribution in [-0.2, 0) is 14.0 Å². The third-order valence-corrected chi connectivity index (χ3v) is 11.3. The van der Waals surface area contributed by atoms with E-state index in [2.05, 4.69) is 47.7 Å². The molecule has 23 heavy (non-hydrogen) atoms. The molecule has 0 aliphatic heterocycles. The highest BCUT2D eigenvalue weighted by molar-refractivity contribution is 6.74. The summed E-state index contributed by atoms with van der Waals surface area (Å²) >= 11 is 0. The van der Waals surface area contributed by atoms with E-state index >= 15 is 0 Å². The monoisotopic (exact) mass is 340 g/mol. The van der Waals surface area contributed by atoms with Gasteiger partial charge in [0.15, 0.2) is 8.32 Å². The summed E-state index contributed by atoms with van der Waals surface area (Å²) < 4.78 is 12.4. The molecule has 3 atom stereocenters. The molecule has 3 nitrogen and oxygen atoms in total. The van der Waals surface area contributed by atoms with E-state index in [1.54, 1.807) is 0 Å². The largest absolute Gasteiger partial charge is 0.417 e. The number of ketones is 1. The number of ether oxygens (including phenoxy) is 1. The second-order valence-electron chi connectivity index (χ2n) is 9.87. The molecule has 0 aromatic rings. The van der Waals surface area contributed by atoms with Crippen LogP contribution in [0.4, 0.5) is 0 Å². The molecule has 2 saturated carbocycles. The van der Waals surface area contributed by atoms with Crippen molar-refractivity contribution in [3.8, 4) is 0 Å². The minimum Gasteiger partial charge on any atom is -0.417 e. The predicted octanol–water partition coefficient (Wildman–Crippen LogP) is 4.81. The van der Waals surface area contributed by atoms with Gasteiger partial charge in [-0.3, -0.25) is 4.79 Å². The number of carbonyl (C=O) groups is 1. The molecule has 134 valence electrons.